The Kier molecular flexibility index (Phi) is 3.59. The van der Waals surface area contributed by atoms with Crippen LogP contribution in [0.4, 0.5) is 10.7 Å². The molecule has 3 N–H and O–H groups in total. The molecule has 0 saturated carbocycles. The quantitative estimate of drug-likeness (QED) is 0.693. The van der Waals surface area contributed by atoms with E-state index < -0.39 is 11.7 Å². The number of anilines is 1. The molecule has 6 nitrogen and oxygen atoms in total. The van der Waals surface area contributed by atoms with Crippen molar-refractivity contribution in [2.75, 3.05) is 12.4 Å². The van der Waals surface area contributed by atoms with E-state index in [9.17, 15) is 9.90 Å². The number of carbonyl (C=O) groups is 1. The molecule has 0 spiro atoms. The highest BCUT2D eigenvalue weighted by molar-refractivity contribution is 7.10. The van der Waals surface area contributed by atoms with E-state index in [1.165, 1.54) is 18.4 Å². The molecule has 7 heteroatoms. The number of hydrogen-bond donors (Lipinski definition) is 3. The zero-order valence-corrected chi connectivity index (χ0v) is 12.9. The van der Waals surface area contributed by atoms with Crippen LogP contribution >= 0.6 is 11.3 Å². The molecule has 0 unspecified atom stereocenters. The highest BCUT2D eigenvalue weighted by atomic mass is 32.1. The van der Waals surface area contributed by atoms with E-state index in [1.54, 1.807) is 13.0 Å². The smallest absolute Gasteiger partial charge is 0.413 e. The second-order valence-corrected chi connectivity index (χ2v) is 5.93. The molecule has 3 aromatic rings. The summed E-state index contributed by atoms with van der Waals surface area (Å²) in [5, 5.41) is 15.2. The maximum Gasteiger partial charge on any atom is 0.413 e. The molecule has 1 amide bonds. The van der Waals surface area contributed by atoms with Crippen molar-refractivity contribution in [3.05, 3.63) is 46.2 Å². The average molecular weight is 317 g/mol. The van der Waals surface area contributed by atoms with Gasteiger partial charge in [-0.15, -0.1) is 11.3 Å². The monoisotopic (exact) mass is 317 g/mol. The van der Waals surface area contributed by atoms with Gasteiger partial charge in [0.1, 0.15) is 5.60 Å². The van der Waals surface area contributed by atoms with Gasteiger partial charge in [0.15, 0.2) is 0 Å². The van der Waals surface area contributed by atoms with Crippen molar-refractivity contribution in [1.29, 1.82) is 0 Å². The largest absolute Gasteiger partial charge is 0.453 e. The van der Waals surface area contributed by atoms with Crippen molar-refractivity contribution in [3.63, 3.8) is 0 Å². The molecule has 0 aliphatic rings. The highest BCUT2D eigenvalue weighted by Crippen LogP contribution is 2.33. The number of benzene rings is 1. The number of carbonyl (C=O) groups excluding carboxylic acids is 1. The van der Waals surface area contributed by atoms with Crippen molar-refractivity contribution in [2.24, 2.45) is 0 Å². The summed E-state index contributed by atoms with van der Waals surface area (Å²) in [4.78, 5) is 19.3. The van der Waals surface area contributed by atoms with Crippen LogP contribution in [0.5, 0.6) is 0 Å². The van der Waals surface area contributed by atoms with Crippen LogP contribution in [-0.4, -0.2) is 28.3 Å². The van der Waals surface area contributed by atoms with Crippen LogP contribution < -0.4 is 5.32 Å². The van der Waals surface area contributed by atoms with Crippen molar-refractivity contribution in [1.82, 2.24) is 9.97 Å². The lowest BCUT2D eigenvalue weighted by Crippen LogP contribution is -2.21. The van der Waals surface area contributed by atoms with Crippen LogP contribution in [-0.2, 0) is 10.3 Å². The molecule has 0 fully saturated rings. The molecule has 0 radical (unpaired) electrons. The molecule has 0 aliphatic heterocycles. The number of nitrogens with one attached hydrogen (secondary N) is 2. The summed E-state index contributed by atoms with van der Waals surface area (Å²) < 4.78 is 4.53. The van der Waals surface area contributed by atoms with Crippen LogP contribution in [0, 0.1) is 0 Å². The van der Waals surface area contributed by atoms with Gasteiger partial charge in [0.25, 0.3) is 0 Å². The summed E-state index contributed by atoms with van der Waals surface area (Å²) >= 11 is 1.50. The van der Waals surface area contributed by atoms with Gasteiger partial charge < -0.3 is 14.8 Å². The zero-order chi connectivity index (χ0) is 15.7. The second-order valence-electron chi connectivity index (χ2n) is 4.98. The van der Waals surface area contributed by atoms with Crippen LogP contribution in [0.1, 0.15) is 17.4 Å². The molecule has 2 heterocycles. The number of thiophene rings is 1. The van der Waals surface area contributed by atoms with Crippen LogP contribution in [0.2, 0.25) is 0 Å². The topological polar surface area (TPSA) is 87.2 Å². The molecule has 114 valence electrons. The Bertz CT molecular complexity index is 809. The maximum atomic E-state index is 11.2. The van der Waals surface area contributed by atoms with E-state index in [0.29, 0.717) is 11.5 Å². The van der Waals surface area contributed by atoms with E-state index in [1.807, 2.05) is 29.6 Å². The molecule has 2 aromatic heterocycles. The number of nitrogens with zero attached hydrogens (tertiary/aromatic N) is 1. The third kappa shape index (κ3) is 2.56. The maximum absolute atomic E-state index is 11.2. The Morgan fingerprint density at radius 3 is 2.95 bits per heavy atom. The van der Waals surface area contributed by atoms with Gasteiger partial charge in [0.05, 0.1) is 18.1 Å². The standard InChI is InChI=1S/C15H15N3O3S/c1-15(20,12-4-3-7-22-12)9-5-6-10-11(8-9)17-13(16-10)18-14(19)21-2/h3-8,20H,1-2H3,(H2,16,17,18,19)/t15-/m1/s1. The van der Waals surface area contributed by atoms with Gasteiger partial charge in [0.2, 0.25) is 5.95 Å². The number of aromatic nitrogens is 2. The second kappa shape index (κ2) is 5.43. The summed E-state index contributed by atoms with van der Waals surface area (Å²) in [6.07, 6.45) is -0.593. The molecule has 3 rings (SSSR count). The number of methoxy groups -OCH3 is 1. The van der Waals surface area contributed by atoms with Gasteiger partial charge in [-0.3, -0.25) is 5.32 Å². The normalized spacial score (nSPS) is 13.8. The Hall–Kier alpha value is -2.38. The van der Waals surface area contributed by atoms with Gasteiger partial charge in [0, 0.05) is 4.88 Å². The number of fused-ring (bicyclic) bond motifs is 1. The zero-order valence-electron chi connectivity index (χ0n) is 12.1. The SMILES string of the molecule is COC(=O)Nc1nc2ccc([C@@](C)(O)c3cccs3)cc2[nH]1. The lowest BCUT2D eigenvalue weighted by molar-refractivity contribution is 0.106. The third-order valence-corrected chi connectivity index (χ3v) is 4.53. The molecule has 1 atom stereocenters. The number of aliphatic hydroxyl groups is 1. The summed E-state index contributed by atoms with van der Waals surface area (Å²) in [7, 11) is 1.29. The number of imidazole rings is 1. The predicted molar refractivity (Wildman–Crippen MR) is 85.1 cm³/mol. The average Bonchev–Trinajstić information content (AvgIpc) is 3.15. The molecule has 0 aliphatic carbocycles. The molecule has 0 saturated heterocycles. The summed E-state index contributed by atoms with van der Waals surface area (Å²) in [6.45, 7) is 1.75. The van der Waals surface area contributed by atoms with Gasteiger partial charge in [-0.25, -0.2) is 9.78 Å². The molecule has 1 aromatic carbocycles. The van der Waals surface area contributed by atoms with Gasteiger partial charge in [-0.05, 0) is 36.1 Å². The summed E-state index contributed by atoms with van der Waals surface area (Å²) in [5.74, 6) is 0.301. The minimum absolute atomic E-state index is 0.301. The van der Waals surface area contributed by atoms with Crippen molar-refractivity contribution in [3.8, 4) is 0 Å². The van der Waals surface area contributed by atoms with E-state index in [2.05, 4.69) is 20.0 Å². The van der Waals surface area contributed by atoms with Crippen molar-refractivity contribution < 1.29 is 14.6 Å². The minimum atomic E-state index is -1.08. The van der Waals surface area contributed by atoms with Crippen molar-refractivity contribution >= 4 is 34.4 Å². The Labute approximate surface area is 130 Å². The van der Waals surface area contributed by atoms with E-state index in [0.717, 1.165) is 16.0 Å². The highest BCUT2D eigenvalue weighted by Gasteiger charge is 2.27. The first-order chi connectivity index (χ1) is 10.5. The van der Waals surface area contributed by atoms with E-state index in [4.69, 9.17) is 0 Å². The van der Waals surface area contributed by atoms with Crippen LogP contribution in [0.25, 0.3) is 11.0 Å². The number of ether oxygens (including phenoxy) is 1. The van der Waals surface area contributed by atoms with Gasteiger partial charge in [-0.2, -0.15) is 0 Å². The molecular weight excluding hydrogens is 302 g/mol. The molecule has 0 bridgehead atoms. The summed E-state index contributed by atoms with van der Waals surface area (Å²) in [5.41, 5.74) is 1.08. The fraction of sp³-hybridized carbons (Fsp3) is 0.200. The minimum Gasteiger partial charge on any atom is -0.453 e. The number of rotatable bonds is 3. The van der Waals surface area contributed by atoms with E-state index >= 15 is 0 Å². The lowest BCUT2D eigenvalue weighted by Gasteiger charge is -2.22. The Balaban J connectivity index is 1.98. The van der Waals surface area contributed by atoms with Crippen LogP contribution in [0.3, 0.4) is 0 Å². The predicted octanol–water partition coefficient (Wildman–Crippen LogP) is 3.06. The summed E-state index contributed by atoms with van der Waals surface area (Å²) in [6, 6.07) is 9.24. The fourth-order valence-corrected chi connectivity index (χ4v) is 3.03. The third-order valence-electron chi connectivity index (χ3n) is 3.45. The first-order valence-corrected chi connectivity index (χ1v) is 7.50. The lowest BCUT2D eigenvalue weighted by atomic mass is 9.94. The van der Waals surface area contributed by atoms with E-state index in [-0.39, 0.29) is 0 Å². The Morgan fingerprint density at radius 1 is 1.45 bits per heavy atom. The number of H-pyrrole nitrogens is 1. The first-order valence-electron chi connectivity index (χ1n) is 6.62. The molecular formula is C15H15N3O3S. The van der Waals surface area contributed by atoms with Crippen molar-refractivity contribution in [2.45, 2.75) is 12.5 Å². The van der Waals surface area contributed by atoms with Gasteiger partial charge in [-0.1, -0.05) is 12.1 Å². The number of amides is 1. The number of aromatic amines is 1. The fourth-order valence-electron chi connectivity index (χ4n) is 2.22. The first kappa shape index (κ1) is 14.6. The van der Waals surface area contributed by atoms with Crippen LogP contribution in [0.15, 0.2) is 35.7 Å². The Morgan fingerprint density at radius 2 is 2.27 bits per heavy atom. The van der Waals surface area contributed by atoms with Gasteiger partial charge >= 0.3 is 6.09 Å². The number of hydrogen-bond acceptors (Lipinski definition) is 5. The molecule has 22 heavy (non-hydrogen) atoms.